The van der Waals surface area contributed by atoms with E-state index < -0.39 is 10.0 Å². The lowest BCUT2D eigenvalue weighted by atomic mass is 10.2. The van der Waals surface area contributed by atoms with Gasteiger partial charge in [-0.2, -0.15) is 5.10 Å². The van der Waals surface area contributed by atoms with Gasteiger partial charge in [0, 0.05) is 26.0 Å². The highest BCUT2D eigenvalue weighted by molar-refractivity contribution is 7.89. The topological polar surface area (TPSA) is 73.2 Å². The summed E-state index contributed by atoms with van der Waals surface area (Å²) < 4.78 is 34.1. The van der Waals surface area contributed by atoms with E-state index >= 15 is 0 Å². The van der Waals surface area contributed by atoms with Gasteiger partial charge in [-0.1, -0.05) is 30.3 Å². The zero-order valence-electron chi connectivity index (χ0n) is 13.5. The Hall–Kier alpha value is -1.70. The van der Waals surface area contributed by atoms with Crippen LogP contribution in [0.15, 0.2) is 41.4 Å². The second-order valence-electron chi connectivity index (χ2n) is 5.21. The van der Waals surface area contributed by atoms with Gasteiger partial charge in [-0.15, -0.1) is 0 Å². The Kier molecular flexibility index (Phi) is 6.32. The molecule has 126 valence electrons. The van der Waals surface area contributed by atoms with E-state index in [9.17, 15) is 8.42 Å². The quantitative estimate of drug-likeness (QED) is 0.710. The van der Waals surface area contributed by atoms with Crippen molar-refractivity contribution >= 4 is 10.0 Å². The molecule has 0 aliphatic rings. The molecule has 1 heterocycles. The van der Waals surface area contributed by atoms with Crippen molar-refractivity contribution in [3.8, 4) is 0 Å². The number of hydrogen-bond acceptors (Lipinski definition) is 4. The van der Waals surface area contributed by atoms with Crippen LogP contribution in [0.2, 0.25) is 0 Å². The second-order valence-corrected chi connectivity index (χ2v) is 6.95. The summed E-state index contributed by atoms with van der Waals surface area (Å²) in [6.07, 6.45) is 2.22. The molecular weight excluding hydrogens is 314 g/mol. The molecule has 1 aromatic heterocycles. The molecule has 0 amide bonds. The zero-order valence-corrected chi connectivity index (χ0v) is 14.3. The van der Waals surface area contributed by atoms with Crippen molar-refractivity contribution in [2.45, 2.75) is 31.7 Å². The first-order valence-electron chi connectivity index (χ1n) is 7.68. The van der Waals surface area contributed by atoms with Crippen molar-refractivity contribution in [1.82, 2.24) is 14.5 Å². The largest absolute Gasteiger partial charge is 0.382 e. The lowest BCUT2D eigenvalue weighted by Crippen LogP contribution is -2.25. The molecule has 1 N–H and O–H groups in total. The van der Waals surface area contributed by atoms with Crippen LogP contribution in [0.4, 0.5) is 0 Å². The molecule has 0 saturated carbocycles. The Morgan fingerprint density at radius 1 is 1.26 bits per heavy atom. The minimum absolute atomic E-state index is 0.227. The molecule has 0 aliphatic carbocycles. The molecular formula is C16H23N3O3S. The monoisotopic (exact) mass is 337 g/mol. The molecule has 0 spiro atoms. The van der Waals surface area contributed by atoms with Gasteiger partial charge < -0.3 is 4.74 Å². The summed E-state index contributed by atoms with van der Waals surface area (Å²) in [6.45, 7) is 5.70. The summed E-state index contributed by atoms with van der Waals surface area (Å²) in [5, 5.41) is 4.30. The van der Waals surface area contributed by atoms with E-state index in [1.165, 1.54) is 0 Å². The second kappa shape index (κ2) is 8.24. The van der Waals surface area contributed by atoms with Crippen molar-refractivity contribution in [1.29, 1.82) is 0 Å². The minimum Gasteiger partial charge on any atom is -0.382 e. The summed E-state index contributed by atoms with van der Waals surface area (Å²) in [5.41, 5.74) is 1.57. The standard InChI is InChI=1S/C16H23N3O3S/c1-3-22-11-7-10-17-23(20,21)16-13-19(18-14(16)2)12-15-8-5-4-6-9-15/h4-6,8-9,13,17H,3,7,10-12H2,1-2H3. The zero-order chi connectivity index (χ0) is 16.7. The Labute approximate surface area is 137 Å². The summed E-state index contributed by atoms with van der Waals surface area (Å²) in [4.78, 5) is 0.227. The van der Waals surface area contributed by atoms with Gasteiger partial charge in [0.2, 0.25) is 10.0 Å². The van der Waals surface area contributed by atoms with Gasteiger partial charge in [0.25, 0.3) is 0 Å². The normalized spacial score (nSPS) is 11.7. The van der Waals surface area contributed by atoms with Crippen LogP contribution in [0.5, 0.6) is 0 Å². The molecule has 0 saturated heterocycles. The maximum atomic E-state index is 12.3. The Morgan fingerprint density at radius 3 is 2.70 bits per heavy atom. The molecule has 2 aromatic rings. The molecule has 23 heavy (non-hydrogen) atoms. The van der Waals surface area contributed by atoms with Gasteiger partial charge in [0.05, 0.1) is 12.2 Å². The Bertz CT molecular complexity index is 711. The number of hydrogen-bond donors (Lipinski definition) is 1. The molecule has 0 aliphatic heterocycles. The highest BCUT2D eigenvalue weighted by Crippen LogP contribution is 2.14. The molecule has 0 bridgehead atoms. The first-order chi connectivity index (χ1) is 11.0. The van der Waals surface area contributed by atoms with Crippen molar-refractivity contribution in [2.24, 2.45) is 0 Å². The van der Waals surface area contributed by atoms with E-state index in [1.54, 1.807) is 17.8 Å². The molecule has 0 fully saturated rings. The van der Waals surface area contributed by atoms with E-state index in [-0.39, 0.29) is 4.90 Å². The molecule has 0 atom stereocenters. The molecule has 0 radical (unpaired) electrons. The summed E-state index contributed by atoms with van der Waals surface area (Å²) in [5.74, 6) is 0. The van der Waals surface area contributed by atoms with Crippen molar-refractivity contribution in [3.05, 3.63) is 47.8 Å². The fourth-order valence-corrected chi connectivity index (χ4v) is 3.48. The lowest BCUT2D eigenvalue weighted by Gasteiger charge is -2.05. The van der Waals surface area contributed by atoms with E-state index in [4.69, 9.17) is 4.74 Å². The van der Waals surface area contributed by atoms with Crippen LogP contribution >= 0.6 is 0 Å². The molecule has 2 rings (SSSR count). The number of aryl methyl sites for hydroxylation is 1. The van der Waals surface area contributed by atoms with Gasteiger partial charge in [-0.05, 0) is 25.8 Å². The average molecular weight is 337 g/mol. The number of nitrogens with zero attached hydrogens (tertiary/aromatic N) is 2. The fourth-order valence-electron chi connectivity index (χ4n) is 2.22. The lowest BCUT2D eigenvalue weighted by molar-refractivity contribution is 0.146. The van der Waals surface area contributed by atoms with Crippen LogP contribution in [0, 0.1) is 6.92 Å². The summed E-state index contributed by atoms with van der Waals surface area (Å²) >= 11 is 0. The first kappa shape index (κ1) is 17.7. The highest BCUT2D eigenvalue weighted by Gasteiger charge is 2.19. The van der Waals surface area contributed by atoms with Crippen LogP contribution in [0.1, 0.15) is 24.6 Å². The van der Waals surface area contributed by atoms with Gasteiger partial charge in [-0.3, -0.25) is 4.68 Å². The van der Waals surface area contributed by atoms with E-state index in [0.717, 1.165) is 5.56 Å². The highest BCUT2D eigenvalue weighted by atomic mass is 32.2. The van der Waals surface area contributed by atoms with Gasteiger partial charge in [0.15, 0.2) is 0 Å². The Morgan fingerprint density at radius 2 is 2.00 bits per heavy atom. The minimum atomic E-state index is -3.54. The summed E-state index contributed by atoms with van der Waals surface area (Å²) in [6, 6.07) is 9.81. The van der Waals surface area contributed by atoms with Gasteiger partial charge in [-0.25, -0.2) is 13.1 Å². The predicted octanol–water partition coefficient (Wildman–Crippen LogP) is 1.94. The van der Waals surface area contributed by atoms with Crippen molar-refractivity contribution in [2.75, 3.05) is 19.8 Å². The Balaban J connectivity index is 2.01. The van der Waals surface area contributed by atoms with Gasteiger partial charge in [0.1, 0.15) is 4.90 Å². The molecule has 7 heteroatoms. The molecule has 1 aromatic carbocycles. The fraction of sp³-hybridized carbons (Fsp3) is 0.438. The van der Waals surface area contributed by atoms with Crippen LogP contribution in [0.3, 0.4) is 0 Å². The maximum absolute atomic E-state index is 12.3. The molecule has 0 unspecified atom stereocenters. The van der Waals surface area contributed by atoms with Crippen LogP contribution in [-0.2, 0) is 21.3 Å². The van der Waals surface area contributed by atoms with Gasteiger partial charge >= 0.3 is 0 Å². The number of benzene rings is 1. The van der Waals surface area contributed by atoms with Crippen molar-refractivity contribution < 1.29 is 13.2 Å². The van der Waals surface area contributed by atoms with Crippen LogP contribution in [-0.4, -0.2) is 38.0 Å². The third kappa shape index (κ3) is 5.16. The average Bonchev–Trinajstić information content (AvgIpc) is 2.89. The van der Waals surface area contributed by atoms with Crippen molar-refractivity contribution in [3.63, 3.8) is 0 Å². The van der Waals surface area contributed by atoms with Crippen LogP contribution < -0.4 is 4.72 Å². The number of sulfonamides is 1. The van der Waals surface area contributed by atoms with Crippen LogP contribution in [0.25, 0.3) is 0 Å². The molecule has 6 nitrogen and oxygen atoms in total. The number of ether oxygens (including phenoxy) is 1. The SMILES string of the molecule is CCOCCCNS(=O)(=O)c1cn(Cc2ccccc2)nc1C. The smallest absolute Gasteiger partial charge is 0.243 e. The summed E-state index contributed by atoms with van der Waals surface area (Å²) in [7, 11) is -3.54. The van der Waals surface area contributed by atoms with E-state index in [1.807, 2.05) is 37.3 Å². The van der Waals surface area contributed by atoms with E-state index in [0.29, 0.717) is 38.4 Å². The third-order valence-electron chi connectivity index (χ3n) is 3.34. The first-order valence-corrected chi connectivity index (χ1v) is 9.16. The predicted molar refractivity (Wildman–Crippen MR) is 88.8 cm³/mol. The third-order valence-corrected chi connectivity index (χ3v) is 4.90. The number of aromatic nitrogens is 2. The maximum Gasteiger partial charge on any atom is 0.243 e. The number of nitrogens with one attached hydrogen (secondary N) is 1. The number of rotatable bonds is 9. The van der Waals surface area contributed by atoms with E-state index in [2.05, 4.69) is 9.82 Å².